The molecule has 3 aromatic rings. The molecular formula is C28H34N4. The fraction of sp³-hybridized carbons (Fsp3) is 0.214. The highest BCUT2D eigenvalue weighted by molar-refractivity contribution is 5.99. The van der Waals surface area contributed by atoms with Gasteiger partial charge in [0.25, 0.3) is 0 Å². The van der Waals surface area contributed by atoms with Gasteiger partial charge in [0.05, 0.1) is 22.8 Å². The Kier molecular flexibility index (Phi) is 12.5. The molecule has 0 aliphatic heterocycles. The third-order valence-corrected chi connectivity index (χ3v) is 4.19. The number of fused-ring (bicyclic) bond motifs is 1. The van der Waals surface area contributed by atoms with Crippen molar-refractivity contribution in [3.8, 4) is 0 Å². The Morgan fingerprint density at radius 2 is 1.25 bits per heavy atom. The van der Waals surface area contributed by atoms with Crippen molar-refractivity contribution in [1.29, 1.82) is 0 Å². The summed E-state index contributed by atoms with van der Waals surface area (Å²) in [4.78, 5) is 0. The van der Waals surface area contributed by atoms with Crippen molar-refractivity contribution >= 4 is 27.8 Å². The molecule has 0 spiro atoms. The van der Waals surface area contributed by atoms with Gasteiger partial charge in [-0.2, -0.15) is 10.2 Å². The van der Waals surface area contributed by atoms with E-state index < -0.39 is 0 Å². The lowest BCUT2D eigenvalue weighted by Gasteiger charge is -2.04. The van der Waals surface area contributed by atoms with Crippen molar-refractivity contribution in [3.63, 3.8) is 0 Å². The molecule has 0 radical (unpaired) electrons. The largest absolute Gasteiger partial charge is 0.151 e. The summed E-state index contributed by atoms with van der Waals surface area (Å²) in [5.74, 6) is 0. The van der Waals surface area contributed by atoms with Gasteiger partial charge in [0, 0.05) is 10.8 Å². The van der Waals surface area contributed by atoms with Gasteiger partial charge in [0.1, 0.15) is 0 Å². The van der Waals surface area contributed by atoms with Crippen LogP contribution < -0.4 is 0 Å². The molecule has 0 bridgehead atoms. The van der Waals surface area contributed by atoms with E-state index in [-0.39, 0.29) is 0 Å². The lowest BCUT2D eigenvalue weighted by Crippen LogP contribution is -1.78. The summed E-state index contributed by atoms with van der Waals surface area (Å²) < 4.78 is 0. The van der Waals surface area contributed by atoms with Crippen molar-refractivity contribution in [2.24, 2.45) is 20.5 Å². The Balaban J connectivity index is 0.00000121. The van der Waals surface area contributed by atoms with Crippen LogP contribution in [0.3, 0.4) is 0 Å². The van der Waals surface area contributed by atoms with Gasteiger partial charge in [-0.1, -0.05) is 88.9 Å². The summed E-state index contributed by atoms with van der Waals surface area (Å²) in [7, 11) is 0. The van der Waals surface area contributed by atoms with Crippen LogP contribution in [0.1, 0.15) is 41.5 Å². The number of rotatable bonds is 6. The number of hydrogen-bond donors (Lipinski definition) is 0. The lowest BCUT2D eigenvalue weighted by molar-refractivity contribution is 1.15. The van der Waals surface area contributed by atoms with Gasteiger partial charge < -0.3 is 0 Å². The molecule has 0 heterocycles. The zero-order chi connectivity index (χ0) is 23.8. The fourth-order valence-corrected chi connectivity index (χ4v) is 2.77. The highest BCUT2D eigenvalue weighted by Gasteiger charge is 2.05. The molecule has 0 aliphatic rings. The molecule has 0 fully saturated rings. The SMILES string of the molecule is C=C/C(N=Nc1ccc(N=Nc2ccccc2)c2ccccc12)=C(C)/C=C\C.CC.CC. The number of benzene rings is 3. The molecule has 0 aromatic heterocycles. The Morgan fingerprint density at radius 1 is 0.719 bits per heavy atom. The minimum absolute atomic E-state index is 0.745. The zero-order valence-corrected chi connectivity index (χ0v) is 20.1. The summed E-state index contributed by atoms with van der Waals surface area (Å²) in [6.45, 7) is 15.8. The van der Waals surface area contributed by atoms with E-state index in [0.717, 1.165) is 39.1 Å². The minimum atomic E-state index is 0.745. The van der Waals surface area contributed by atoms with Crippen LogP contribution in [0.5, 0.6) is 0 Å². The average molecular weight is 427 g/mol. The fourth-order valence-electron chi connectivity index (χ4n) is 2.77. The number of hydrogen-bond acceptors (Lipinski definition) is 4. The predicted molar refractivity (Wildman–Crippen MR) is 139 cm³/mol. The van der Waals surface area contributed by atoms with Crippen molar-refractivity contribution in [3.05, 3.63) is 103 Å². The van der Waals surface area contributed by atoms with Crippen LogP contribution in [0.15, 0.2) is 123 Å². The maximum absolute atomic E-state index is 4.46. The molecule has 0 atom stereocenters. The van der Waals surface area contributed by atoms with Crippen molar-refractivity contribution in [1.82, 2.24) is 0 Å². The van der Waals surface area contributed by atoms with E-state index in [1.807, 2.05) is 120 Å². The predicted octanol–water partition coefficient (Wildman–Crippen LogP) is 10.4. The molecule has 0 saturated carbocycles. The monoisotopic (exact) mass is 426 g/mol. The van der Waals surface area contributed by atoms with Gasteiger partial charge in [0.2, 0.25) is 0 Å². The minimum Gasteiger partial charge on any atom is -0.151 e. The van der Waals surface area contributed by atoms with Gasteiger partial charge in [-0.3, -0.25) is 0 Å². The molecule has 0 unspecified atom stereocenters. The Morgan fingerprint density at radius 3 is 1.78 bits per heavy atom. The van der Waals surface area contributed by atoms with Gasteiger partial charge >= 0.3 is 0 Å². The molecular weight excluding hydrogens is 392 g/mol. The molecule has 32 heavy (non-hydrogen) atoms. The maximum atomic E-state index is 4.46. The van der Waals surface area contributed by atoms with Crippen LogP contribution in [0.4, 0.5) is 17.1 Å². The molecule has 0 aliphatic carbocycles. The molecule has 0 amide bonds. The summed E-state index contributed by atoms with van der Waals surface area (Å²) in [5, 5.41) is 19.6. The number of azo groups is 2. The number of allylic oxidation sites excluding steroid dienone is 4. The maximum Gasteiger partial charge on any atom is 0.0936 e. The van der Waals surface area contributed by atoms with Crippen LogP contribution >= 0.6 is 0 Å². The quantitative estimate of drug-likeness (QED) is 0.278. The van der Waals surface area contributed by atoms with Gasteiger partial charge in [-0.15, -0.1) is 10.2 Å². The van der Waals surface area contributed by atoms with Crippen molar-refractivity contribution in [2.45, 2.75) is 41.5 Å². The van der Waals surface area contributed by atoms with E-state index in [9.17, 15) is 0 Å². The normalized spacial score (nSPS) is 11.7. The molecule has 3 aromatic carbocycles. The highest BCUT2D eigenvalue weighted by atomic mass is 15.1. The molecule has 3 rings (SSSR count). The summed E-state index contributed by atoms with van der Waals surface area (Å²) in [5.41, 5.74) is 4.15. The third kappa shape index (κ3) is 7.55. The van der Waals surface area contributed by atoms with E-state index in [0.29, 0.717) is 0 Å². The highest BCUT2D eigenvalue weighted by Crippen LogP contribution is 2.34. The Bertz CT molecular complexity index is 1090. The Hall–Kier alpha value is -3.66. The van der Waals surface area contributed by atoms with Gasteiger partial charge in [0.15, 0.2) is 0 Å². The van der Waals surface area contributed by atoms with Crippen LogP contribution in [-0.4, -0.2) is 0 Å². The topological polar surface area (TPSA) is 49.4 Å². The lowest BCUT2D eigenvalue weighted by atomic mass is 10.1. The summed E-state index contributed by atoms with van der Waals surface area (Å²) in [6.07, 6.45) is 5.67. The molecule has 4 heteroatoms. The van der Waals surface area contributed by atoms with E-state index in [2.05, 4.69) is 27.0 Å². The third-order valence-electron chi connectivity index (χ3n) is 4.19. The van der Waals surface area contributed by atoms with Crippen LogP contribution in [0.25, 0.3) is 10.8 Å². The molecule has 4 nitrogen and oxygen atoms in total. The van der Waals surface area contributed by atoms with Crippen molar-refractivity contribution in [2.75, 3.05) is 0 Å². The standard InChI is InChI=1S/C24H22N4.2C2H6/c1-4-11-18(3)22(5-2)26-28-24-17-16-23(20-14-9-10-15-21(20)24)27-25-19-12-7-6-8-13-19;2*1-2/h4-17H,2H2,1,3H3;2*1-2H3/b11-4-,22-18-,27-25?,28-26?;;. The first-order valence-corrected chi connectivity index (χ1v) is 11.1. The van der Waals surface area contributed by atoms with E-state index >= 15 is 0 Å². The average Bonchev–Trinajstić information content (AvgIpc) is 2.87. The second-order valence-corrected chi connectivity index (χ2v) is 6.16. The molecule has 166 valence electrons. The van der Waals surface area contributed by atoms with Crippen molar-refractivity contribution < 1.29 is 0 Å². The van der Waals surface area contributed by atoms with Gasteiger partial charge in [-0.05, 0) is 49.8 Å². The first-order valence-electron chi connectivity index (χ1n) is 11.1. The van der Waals surface area contributed by atoms with E-state index in [1.165, 1.54) is 0 Å². The first kappa shape index (κ1) is 26.4. The Labute approximate surface area is 192 Å². The smallest absolute Gasteiger partial charge is 0.0936 e. The zero-order valence-electron chi connectivity index (χ0n) is 20.1. The van der Waals surface area contributed by atoms with Crippen LogP contribution in [-0.2, 0) is 0 Å². The number of nitrogens with zero attached hydrogens (tertiary/aromatic N) is 4. The molecule has 0 N–H and O–H groups in total. The first-order chi connectivity index (χ1) is 15.7. The summed E-state index contributed by atoms with van der Waals surface area (Å²) >= 11 is 0. The second kappa shape index (κ2) is 15.2. The van der Waals surface area contributed by atoms with Crippen LogP contribution in [0.2, 0.25) is 0 Å². The van der Waals surface area contributed by atoms with Gasteiger partial charge in [-0.25, -0.2) is 0 Å². The van der Waals surface area contributed by atoms with E-state index in [1.54, 1.807) is 6.08 Å². The molecule has 0 saturated heterocycles. The second-order valence-electron chi connectivity index (χ2n) is 6.16. The van der Waals surface area contributed by atoms with Crippen LogP contribution in [0, 0.1) is 0 Å². The van der Waals surface area contributed by atoms with E-state index in [4.69, 9.17) is 0 Å². The summed E-state index contributed by atoms with van der Waals surface area (Å²) in [6, 6.07) is 21.5.